The topological polar surface area (TPSA) is 34.2 Å². The van der Waals surface area contributed by atoms with Crippen molar-refractivity contribution in [2.75, 3.05) is 54.5 Å². The maximum atomic E-state index is 6.42. The van der Waals surface area contributed by atoms with Gasteiger partial charge in [-0.15, -0.1) is 0 Å². The summed E-state index contributed by atoms with van der Waals surface area (Å²) >= 11 is 0. The zero-order valence-electron chi connectivity index (χ0n) is 25.3. The van der Waals surface area contributed by atoms with Crippen LogP contribution in [-0.4, -0.2) is 78.1 Å². The van der Waals surface area contributed by atoms with Crippen LogP contribution in [0.15, 0.2) is 97.1 Å². The monoisotopic (exact) mass is 564 g/mol. The first-order valence-corrected chi connectivity index (χ1v) is 14.4. The molecule has 0 fully saturated rings. The van der Waals surface area contributed by atoms with E-state index < -0.39 is 0 Å². The molecule has 4 rings (SSSR count). The van der Waals surface area contributed by atoms with Crippen molar-refractivity contribution in [3.05, 3.63) is 103 Å². The van der Waals surface area contributed by atoms with Crippen molar-refractivity contribution in [1.29, 1.82) is 0 Å². The minimum absolute atomic E-state index is 0. The molecule has 0 radical (unpaired) electrons. The third-order valence-corrected chi connectivity index (χ3v) is 7.10. The van der Waals surface area contributed by atoms with Gasteiger partial charge in [0.25, 0.3) is 0 Å². The molecule has 0 amide bonds. The minimum atomic E-state index is -0.163. The van der Waals surface area contributed by atoms with Crippen molar-refractivity contribution in [2.45, 2.75) is 21.2 Å². The van der Waals surface area contributed by atoms with E-state index in [9.17, 15) is 0 Å². The Morgan fingerprint density at radius 2 is 0.952 bits per heavy atom. The summed E-state index contributed by atoms with van der Waals surface area (Å²) in [5.41, 5.74) is 7.04. The Balaban J connectivity index is 0.00000484. The first-order chi connectivity index (χ1) is 19.8. The lowest BCUT2D eigenvalue weighted by molar-refractivity contribution is 0.267. The van der Waals surface area contributed by atoms with Crippen molar-refractivity contribution in [1.82, 2.24) is 9.80 Å². The number of hydrogen-bond donors (Lipinski definition) is 0. The summed E-state index contributed by atoms with van der Waals surface area (Å²) in [6.07, 6.45) is 0. The molecule has 0 aliphatic heterocycles. The molecule has 0 heterocycles. The lowest BCUT2D eigenvalue weighted by atomic mass is 9.55. The highest BCUT2D eigenvalue weighted by molar-refractivity contribution is 6.80. The van der Waals surface area contributed by atoms with Crippen LogP contribution in [-0.2, 0) is 9.31 Å². The molecular weight excluding hydrogens is 518 g/mol. The highest BCUT2D eigenvalue weighted by Crippen LogP contribution is 2.21. The lowest BCUT2D eigenvalue weighted by Crippen LogP contribution is -2.46. The molecule has 0 N–H and O–H groups in total. The standard InChI is InChI=1S/C34H42B2N2O3.CH4/c1-27-7-9-28(10-8-27)29-11-13-31(14-12-29)36(40-26-24-38(5)6)32-17-21-34(22-18-32)41-33-19-15-30(16-20-33)35(2)39-25-23-37(3)4;/h7-22H,23-26H2,1-6H3;1H4. The number of nitrogens with zero attached hydrogens (tertiary/aromatic N) is 2. The number of aryl methyl sites for hydroxylation is 1. The van der Waals surface area contributed by atoms with Gasteiger partial charge in [-0.2, -0.15) is 0 Å². The Labute approximate surface area is 254 Å². The van der Waals surface area contributed by atoms with Crippen LogP contribution < -0.4 is 21.1 Å². The van der Waals surface area contributed by atoms with E-state index in [4.69, 9.17) is 14.0 Å². The lowest BCUT2D eigenvalue weighted by Gasteiger charge is -2.18. The van der Waals surface area contributed by atoms with Crippen molar-refractivity contribution in [2.24, 2.45) is 0 Å². The Bertz CT molecular complexity index is 1330. The fraction of sp³-hybridized carbons (Fsp3) is 0.314. The Morgan fingerprint density at radius 1 is 0.548 bits per heavy atom. The normalized spacial score (nSPS) is 11.0. The zero-order chi connectivity index (χ0) is 29.2. The molecule has 220 valence electrons. The van der Waals surface area contributed by atoms with Crippen LogP contribution in [0.5, 0.6) is 11.5 Å². The summed E-state index contributed by atoms with van der Waals surface area (Å²) < 4.78 is 18.5. The quantitative estimate of drug-likeness (QED) is 0.197. The molecule has 0 atom stereocenters. The molecule has 0 saturated carbocycles. The van der Waals surface area contributed by atoms with Crippen molar-refractivity contribution < 1.29 is 14.0 Å². The van der Waals surface area contributed by atoms with Gasteiger partial charge in [0, 0.05) is 26.3 Å². The van der Waals surface area contributed by atoms with Gasteiger partial charge < -0.3 is 23.8 Å². The van der Waals surface area contributed by atoms with Gasteiger partial charge in [0.05, 0.1) is 0 Å². The van der Waals surface area contributed by atoms with E-state index in [1.807, 2.05) is 24.3 Å². The molecule has 7 heteroatoms. The number of ether oxygens (including phenoxy) is 1. The number of likely N-dealkylation sites (N-methyl/N-ethyl adjacent to an activating group) is 2. The Hall–Kier alpha value is -3.35. The molecule has 0 bridgehead atoms. The van der Waals surface area contributed by atoms with E-state index in [0.717, 1.165) is 41.0 Å². The smallest absolute Gasteiger partial charge is 0.361 e. The van der Waals surface area contributed by atoms with E-state index >= 15 is 0 Å². The average Bonchev–Trinajstić information content (AvgIpc) is 2.96. The van der Waals surface area contributed by atoms with Crippen molar-refractivity contribution >= 4 is 30.2 Å². The van der Waals surface area contributed by atoms with Crippen LogP contribution >= 0.6 is 0 Å². The van der Waals surface area contributed by atoms with Gasteiger partial charge in [-0.1, -0.05) is 92.6 Å². The van der Waals surface area contributed by atoms with E-state index in [0.29, 0.717) is 13.2 Å². The average molecular weight is 564 g/mol. The zero-order valence-corrected chi connectivity index (χ0v) is 25.3. The number of hydrogen-bond acceptors (Lipinski definition) is 5. The molecule has 5 nitrogen and oxygen atoms in total. The molecular formula is C35H46B2N2O3. The molecule has 0 aromatic heterocycles. The van der Waals surface area contributed by atoms with Gasteiger partial charge in [0.2, 0.25) is 0 Å². The molecule has 0 saturated heterocycles. The third-order valence-electron chi connectivity index (χ3n) is 7.10. The summed E-state index contributed by atoms with van der Waals surface area (Å²) in [7, 11) is 8.22. The van der Waals surface area contributed by atoms with Gasteiger partial charge in [-0.05, 0) is 86.9 Å². The predicted octanol–water partition coefficient (Wildman–Crippen LogP) is 5.18. The fourth-order valence-electron chi connectivity index (χ4n) is 4.50. The fourth-order valence-corrected chi connectivity index (χ4v) is 4.50. The van der Waals surface area contributed by atoms with Crippen LogP contribution in [0, 0.1) is 6.92 Å². The summed E-state index contributed by atoms with van der Waals surface area (Å²) in [4.78, 5) is 4.26. The molecule has 4 aromatic carbocycles. The summed E-state index contributed by atoms with van der Waals surface area (Å²) in [5, 5.41) is 0. The number of benzene rings is 4. The molecule has 0 aliphatic carbocycles. The Morgan fingerprint density at radius 3 is 1.43 bits per heavy atom. The highest BCUT2D eigenvalue weighted by Gasteiger charge is 2.22. The van der Waals surface area contributed by atoms with Gasteiger partial charge in [-0.3, -0.25) is 0 Å². The predicted molar refractivity (Wildman–Crippen MR) is 182 cm³/mol. The van der Waals surface area contributed by atoms with Crippen LogP contribution in [0.4, 0.5) is 0 Å². The molecule has 4 aromatic rings. The summed E-state index contributed by atoms with van der Waals surface area (Å²) in [6.45, 7) is 7.17. The van der Waals surface area contributed by atoms with Gasteiger partial charge in [0.15, 0.2) is 0 Å². The van der Waals surface area contributed by atoms with Crippen molar-refractivity contribution in [3.8, 4) is 22.6 Å². The van der Waals surface area contributed by atoms with E-state index in [-0.39, 0.29) is 21.3 Å². The second-order valence-electron chi connectivity index (χ2n) is 11.1. The first kappa shape index (κ1) is 33.2. The second-order valence-corrected chi connectivity index (χ2v) is 11.1. The maximum absolute atomic E-state index is 6.42. The van der Waals surface area contributed by atoms with E-state index in [1.165, 1.54) is 16.7 Å². The Kier molecular flexibility index (Phi) is 12.9. The highest BCUT2D eigenvalue weighted by atomic mass is 16.5. The largest absolute Gasteiger partial charge is 0.457 e. The van der Waals surface area contributed by atoms with Gasteiger partial charge in [-0.25, -0.2) is 0 Å². The molecule has 0 aliphatic rings. The third kappa shape index (κ3) is 9.88. The molecule has 42 heavy (non-hydrogen) atoms. The molecule has 0 unspecified atom stereocenters. The van der Waals surface area contributed by atoms with Gasteiger partial charge >= 0.3 is 13.8 Å². The SMILES string of the molecule is C.CB(OCCN(C)C)c1ccc(Oc2ccc(B(OCCN(C)C)c3ccc(-c4ccc(C)cc4)cc3)cc2)cc1. The van der Waals surface area contributed by atoms with Crippen LogP contribution in [0.3, 0.4) is 0 Å². The minimum Gasteiger partial charge on any atom is -0.457 e. The summed E-state index contributed by atoms with van der Waals surface area (Å²) in [5.74, 6) is 1.59. The van der Waals surface area contributed by atoms with E-state index in [2.05, 4.69) is 125 Å². The van der Waals surface area contributed by atoms with E-state index in [1.54, 1.807) is 0 Å². The second kappa shape index (κ2) is 16.3. The number of rotatable bonds is 14. The summed E-state index contributed by atoms with van der Waals surface area (Å²) in [6, 6.07) is 33.7. The first-order valence-electron chi connectivity index (χ1n) is 14.4. The van der Waals surface area contributed by atoms with Crippen molar-refractivity contribution in [3.63, 3.8) is 0 Å². The molecule has 0 spiro atoms. The van der Waals surface area contributed by atoms with Crippen LogP contribution in [0.2, 0.25) is 6.82 Å². The maximum Gasteiger partial charge on any atom is 0.361 e. The van der Waals surface area contributed by atoms with Gasteiger partial charge in [0.1, 0.15) is 11.5 Å². The van der Waals surface area contributed by atoms with Crippen LogP contribution in [0.25, 0.3) is 11.1 Å². The van der Waals surface area contributed by atoms with Crippen LogP contribution in [0.1, 0.15) is 13.0 Å².